The van der Waals surface area contributed by atoms with Crippen molar-refractivity contribution in [2.24, 2.45) is 5.10 Å². The van der Waals surface area contributed by atoms with Gasteiger partial charge < -0.3 is 15.6 Å². The lowest BCUT2D eigenvalue weighted by molar-refractivity contribution is 0.0955. The van der Waals surface area contributed by atoms with E-state index >= 15 is 0 Å². The zero-order chi connectivity index (χ0) is 15.2. The fraction of sp³-hybridized carbons (Fsp3) is 0.0667. The zero-order valence-corrected chi connectivity index (χ0v) is 11.4. The standard InChI is InChI=1S/C15H15N3O3/c1-21-13-6-5-11(14(19)8-13)9-17-18-15(20)10-3-2-4-12(16)7-10/h2-9,19H,16H2,1H3,(H,18,20)/b17-9+. The third-order valence-corrected chi connectivity index (χ3v) is 2.76. The van der Waals surface area contributed by atoms with Crippen molar-refractivity contribution in [3.8, 4) is 11.5 Å². The number of phenolic OH excluding ortho intramolecular Hbond substituents is 1. The molecule has 0 spiro atoms. The monoisotopic (exact) mass is 285 g/mol. The number of amides is 1. The second kappa shape index (κ2) is 6.42. The van der Waals surface area contributed by atoms with Crippen LogP contribution in [0.1, 0.15) is 15.9 Å². The van der Waals surface area contributed by atoms with Gasteiger partial charge in [0.25, 0.3) is 5.91 Å². The second-order valence-corrected chi connectivity index (χ2v) is 4.25. The average molecular weight is 285 g/mol. The van der Waals surface area contributed by atoms with Crippen LogP contribution in [-0.4, -0.2) is 24.3 Å². The van der Waals surface area contributed by atoms with Crippen LogP contribution in [0.2, 0.25) is 0 Å². The number of rotatable bonds is 4. The largest absolute Gasteiger partial charge is 0.507 e. The Balaban J connectivity index is 2.04. The molecule has 0 unspecified atom stereocenters. The molecule has 0 fully saturated rings. The van der Waals surface area contributed by atoms with Crippen molar-refractivity contribution in [1.82, 2.24) is 5.43 Å². The molecule has 108 valence electrons. The van der Waals surface area contributed by atoms with Crippen LogP contribution in [0.25, 0.3) is 0 Å². The second-order valence-electron chi connectivity index (χ2n) is 4.25. The first-order valence-corrected chi connectivity index (χ1v) is 6.16. The Kier molecular flexibility index (Phi) is 4.40. The van der Waals surface area contributed by atoms with Crippen LogP contribution in [0.3, 0.4) is 0 Å². The normalized spacial score (nSPS) is 10.5. The first-order valence-electron chi connectivity index (χ1n) is 6.16. The number of hydrogen-bond acceptors (Lipinski definition) is 5. The average Bonchev–Trinajstić information content (AvgIpc) is 2.48. The van der Waals surface area contributed by atoms with Gasteiger partial charge in [-0.15, -0.1) is 0 Å². The maximum absolute atomic E-state index is 11.8. The van der Waals surface area contributed by atoms with Crippen LogP contribution in [0.15, 0.2) is 47.6 Å². The molecule has 2 aromatic carbocycles. The Morgan fingerprint density at radius 3 is 2.81 bits per heavy atom. The van der Waals surface area contributed by atoms with Gasteiger partial charge in [0.05, 0.1) is 13.3 Å². The van der Waals surface area contributed by atoms with E-state index in [-0.39, 0.29) is 11.7 Å². The first kappa shape index (κ1) is 14.4. The fourth-order valence-corrected chi connectivity index (χ4v) is 1.66. The summed E-state index contributed by atoms with van der Waals surface area (Å²) < 4.78 is 4.98. The van der Waals surface area contributed by atoms with Crippen molar-refractivity contribution in [1.29, 1.82) is 0 Å². The summed E-state index contributed by atoms with van der Waals surface area (Å²) in [4.78, 5) is 11.8. The van der Waals surface area contributed by atoms with Gasteiger partial charge in [-0.05, 0) is 30.3 Å². The van der Waals surface area contributed by atoms with Gasteiger partial charge in [-0.1, -0.05) is 6.07 Å². The summed E-state index contributed by atoms with van der Waals surface area (Å²) in [5.74, 6) is 0.163. The molecule has 0 heterocycles. The molecule has 0 radical (unpaired) electrons. The molecule has 6 heteroatoms. The number of carbonyl (C=O) groups is 1. The van der Waals surface area contributed by atoms with Crippen LogP contribution < -0.4 is 15.9 Å². The highest BCUT2D eigenvalue weighted by Gasteiger charge is 2.04. The van der Waals surface area contributed by atoms with Gasteiger partial charge in [-0.25, -0.2) is 5.43 Å². The minimum atomic E-state index is -0.383. The molecule has 2 aromatic rings. The lowest BCUT2D eigenvalue weighted by atomic mass is 10.2. The Morgan fingerprint density at radius 2 is 2.14 bits per heavy atom. The molecule has 0 atom stereocenters. The number of nitrogens with one attached hydrogen (secondary N) is 1. The summed E-state index contributed by atoms with van der Waals surface area (Å²) in [6, 6.07) is 11.3. The van der Waals surface area contributed by atoms with Crippen LogP contribution in [-0.2, 0) is 0 Å². The van der Waals surface area contributed by atoms with Crippen LogP contribution in [0.5, 0.6) is 11.5 Å². The summed E-state index contributed by atoms with van der Waals surface area (Å²) in [6.07, 6.45) is 1.35. The molecular formula is C15H15N3O3. The van der Waals surface area contributed by atoms with E-state index in [1.165, 1.54) is 19.4 Å². The van der Waals surface area contributed by atoms with Gasteiger partial charge in [0.1, 0.15) is 11.5 Å². The van der Waals surface area contributed by atoms with Gasteiger partial charge in [-0.2, -0.15) is 5.10 Å². The predicted octanol–water partition coefficient (Wildman–Crippen LogP) is 1.75. The van der Waals surface area contributed by atoms with E-state index in [2.05, 4.69) is 10.5 Å². The number of nitrogens with two attached hydrogens (primary N) is 1. The van der Waals surface area contributed by atoms with E-state index in [1.54, 1.807) is 36.4 Å². The van der Waals surface area contributed by atoms with E-state index in [0.717, 1.165) is 0 Å². The minimum absolute atomic E-state index is 0.0105. The third kappa shape index (κ3) is 3.73. The lowest BCUT2D eigenvalue weighted by Crippen LogP contribution is -2.17. The molecule has 21 heavy (non-hydrogen) atoms. The van der Waals surface area contributed by atoms with Crippen LogP contribution in [0, 0.1) is 0 Å². The summed E-state index contributed by atoms with van der Waals surface area (Å²) in [5.41, 5.74) is 9.33. The molecule has 1 amide bonds. The Hall–Kier alpha value is -3.02. The molecule has 0 aliphatic rings. The number of phenols is 1. The molecule has 0 bridgehead atoms. The van der Waals surface area contributed by atoms with Gasteiger partial charge in [0.15, 0.2) is 0 Å². The first-order chi connectivity index (χ1) is 10.1. The van der Waals surface area contributed by atoms with Crippen molar-refractivity contribution >= 4 is 17.8 Å². The van der Waals surface area contributed by atoms with Gasteiger partial charge >= 0.3 is 0 Å². The quantitative estimate of drug-likeness (QED) is 0.453. The van der Waals surface area contributed by atoms with Crippen molar-refractivity contribution in [3.05, 3.63) is 53.6 Å². The van der Waals surface area contributed by atoms with Crippen molar-refractivity contribution < 1.29 is 14.6 Å². The highest BCUT2D eigenvalue weighted by molar-refractivity contribution is 5.95. The predicted molar refractivity (Wildman–Crippen MR) is 80.6 cm³/mol. The van der Waals surface area contributed by atoms with Crippen molar-refractivity contribution in [2.75, 3.05) is 12.8 Å². The molecular weight excluding hydrogens is 270 g/mol. The Bertz CT molecular complexity index is 684. The van der Waals surface area contributed by atoms with Crippen LogP contribution >= 0.6 is 0 Å². The van der Waals surface area contributed by atoms with Crippen LogP contribution in [0.4, 0.5) is 5.69 Å². The van der Waals surface area contributed by atoms with E-state index in [4.69, 9.17) is 10.5 Å². The molecule has 0 aliphatic heterocycles. The Morgan fingerprint density at radius 1 is 1.33 bits per heavy atom. The highest BCUT2D eigenvalue weighted by atomic mass is 16.5. The molecule has 4 N–H and O–H groups in total. The summed E-state index contributed by atoms with van der Waals surface area (Å²) in [7, 11) is 1.51. The number of benzene rings is 2. The molecule has 0 aromatic heterocycles. The van der Waals surface area contributed by atoms with E-state index < -0.39 is 0 Å². The van der Waals surface area contributed by atoms with E-state index in [9.17, 15) is 9.90 Å². The third-order valence-electron chi connectivity index (χ3n) is 2.76. The van der Waals surface area contributed by atoms with Crippen molar-refractivity contribution in [3.63, 3.8) is 0 Å². The molecule has 0 saturated heterocycles. The highest BCUT2D eigenvalue weighted by Crippen LogP contribution is 2.21. The maximum atomic E-state index is 11.8. The number of hydrogen-bond donors (Lipinski definition) is 3. The minimum Gasteiger partial charge on any atom is -0.507 e. The number of carbonyl (C=O) groups excluding carboxylic acids is 1. The topological polar surface area (TPSA) is 96.9 Å². The lowest BCUT2D eigenvalue weighted by Gasteiger charge is -2.03. The Labute approximate surface area is 121 Å². The number of ether oxygens (including phenoxy) is 1. The summed E-state index contributed by atoms with van der Waals surface area (Å²) in [5, 5.41) is 13.5. The van der Waals surface area contributed by atoms with Crippen molar-refractivity contribution in [2.45, 2.75) is 0 Å². The van der Waals surface area contributed by atoms with E-state index in [0.29, 0.717) is 22.6 Å². The number of aromatic hydroxyl groups is 1. The number of hydrazone groups is 1. The molecule has 6 nitrogen and oxygen atoms in total. The maximum Gasteiger partial charge on any atom is 0.271 e. The summed E-state index contributed by atoms with van der Waals surface area (Å²) >= 11 is 0. The van der Waals surface area contributed by atoms with Gasteiger partial charge in [0, 0.05) is 22.9 Å². The summed E-state index contributed by atoms with van der Waals surface area (Å²) in [6.45, 7) is 0. The fourth-order valence-electron chi connectivity index (χ4n) is 1.66. The molecule has 2 rings (SSSR count). The SMILES string of the molecule is COc1ccc(/C=N/NC(=O)c2cccc(N)c2)c(O)c1. The van der Waals surface area contributed by atoms with Gasteiger partial charge in [-0.3, -0.25) is 4.79 Å². The molecule has 0 aliphatic carbocycles. The molecule has 0 saturated carbocycles. The van der Waals surface area contributed by atoms with Gasteiger partial charge in [0.2, 0.25) is 0 Å². The zero-order valence-electron chi connectivity index (χ0n) is 11.4. The number of nitrogens with zero attached hydrogens (tertiary/aromatic N) is 1. The smallest absolute Gasteiger partial charge is 0.271 e. The number of nitrogen functional groups attached to an aromatic ring is 1. The van der Waals surface area contributed by atoms with E-state index in [1.807, 2.05) is 0 Å². The number of anilines is 1. The number of methoxy groups -OCH3 is 1.